The van der Waals surface area contributed by atoms with Crippen LogP contribution in [-0.2, 0) is 4.79 Å². The summed E-state index contributed by atoms with van der Waals surface area (Å²) in [7, 11) is 0. The lowest BCUT2D eigenvalue weighted by atomic mass is 10.2. The van der Waals surface area contributed by atoms with Gasteiger partial charge in [0.25, 0.3) is 5.91 Å². The fourth-order valence-electron chi connectivity index (χ4n) is 2.19. The molecule has 0 bridgehead atoms. The monoisotopic (exact) mass is 379 g/mol. The van der Waals surface area contributed by atoms with E-state index < -0.39 is 0 Å². The molecule has 2 rings (SSSR count). The lowest BCUT2D eigenvalue weighted by Crippen LogP contribution is -2.50. The van der Waals surface area contributed by atoms with Crippen molar-refractivity contribution < 1.29 is 4.79 Å². The number of nitrogens with zero attached hydrogens (tertiary/aromatic N) is 5. The van der Waals surface area contributed by atoms with Gasteiger partial charge in [-0.1, -0.05) is 0 Å². The van der Waals surface area contributed by atoms with E-state index in [0.717, 1.165) is 24.1 Å². The Bertz CT molecular complexity index is 603. The van der Waals surface area contributed by atoms with Crippen molar-refractivity contribution in [1.82, 2.24) is 19.8 Å². The van der Waals surface area contributed by atoms with Gasteiger partial charge in [0.1, 0.15) is 11.6 Å². The number of rotatable bonds is 5. The van der Waals surface area contributed by atoms with Crippen LogP contribution in [0.15, 0.2) is 28.6 Å². The summed E-state index contributed by atoms with van der Waals surface area (Å²) in [5.41, 5.74) is 5.56. The first kappa shape index (κ1) is 17.3. The summed E-state index contributed by atoms with van der Waals surface area (Å²) in [6, 6.07) is 1.93. The van der Waals surface area contributed by atoms with Crippen LogP contribution in [0.4, 0.5) is 5.95 Å². The quantitative estimate of drug-likeness (QED) is 0.553. The molecule has 23 heavy (non-hydrogen) atoms. The van der Waals surface area contributed by atoms with Crippen molar-refractivity contribution in [2.75, 3.05) is 44.6 Å². The zero-order valence-corrected chi connectivity index (χ0v) is 14.2. The molecule has 3 N–H and O–H groups in total. The lowest BCUT2D eigenvalue weighted by molar-refractivity contribution is -0.128. The van der Waals surface area contributed by atoms with Gasteiger partial charge < -0.3 is 16.0 Å². The molecule has 9 heteroatoms. The Balaban J connectivity index is 1.95. The Morgan fingerprint density at radius 2 is 2.04 bits per heavy atom. The summed E-state index contributed by atoms with van der Waals surface area (Å²) < 4.78 is 0.749. The average molecular weight is 380 g/mol. The van der Waals surface area contributed by atoms with Crippen molar-refractivity contribution in [1.29, 1.82) is 5.26 Å². The summed E-state index contributed by atoms with van der Waals surface area (Å²) in [4.78, 5) is 24.3. The highest BCUT2D eigenvalue weighted by molar-refractivity contribution is 9.10. The van der Waals surface area contributed by atoms with E-state index in [4.69, 9.17) is 5.73 Å². The molecule has 0 unspecified atom stereocenters. The van der Waals surface area contributed by atoms with E-state index in [1.54, 1.807) is 17.3 Å². The Hall–Kier alpha value is -2.02. The van der Waals surface area contributed by atoms with Gasteiger partial charge in [-0.2, -0.15) is 5.26 Å². The summed E-state index contributed by atoms with van der Waals surface area (Å²) in [6.07, 6.45) is 4.50. The summed E-state index contributed by atoms with van der Waals surface area (Å²) in [5, 5.41) is 12.0. The molecule has 1 aromatic heterocycles. The summed E-state index contributed by atoms with van der Waals surface area (Å²) in [5.74, 6) is 0.0334. The molecule has 0 radical (unpaired) electrons. The van der Waals surface area contributed by atoms with Crippen molar-refractivity contribution in [3.05, 3.63) is 28.6 Å². The second-order valence-electron chi connectivity index (χ2n) is 4.96. The van der Waals surface area contributed by atoms with Crippen LogP contribution < -0.4 is 11.1 Å². The molecule has 1 aliphatic heterocycles. The van der Waals surface area contributed by atoms with Crippen LogP contribution in [0.3, 0.4) is 0 Å². The van der Waals surface area contributed by atoms with Crippen molar-refractivity contribution in [2.45, 2.75) is 0 Å². The van der Waals surface area contributed by atoms with Crippen LogP contribution in [0.25, 0.3) is 0 Å². The van der Waals surface area contributed by atoms with Gasteiger partial charge in [0.2, 0.25) is 5.95 Å². The van der Waals surface area contributed by atoms with Crippen LogP contribution >= 0.6 is 15.9 Å². The number of nitrogens with one attached hydrogen (secondary N) is 1. The number of amides is 1. The number of carbonyl (C=O) groups is 1. The van der Waals surface area contributed by atoms with Crippen molar-refractivity contribution >= 4 is 27.8 Å². The second kappa shape index (κ2) is 8.57. The molecular weight excluding hydrogens is 362 g/mol. The SMILES string of the molecule is N#C/C(=C/Nc1ncc(Br)cn1)C(=O)N1CCN(CCN)CC1. The first-order chi connectivity index (χ1) is 11.1. The van der Waals surface area contributed by atoms with Crippen LogP contribution in [0.2, 0.25) is 0 Å². The molecule has 1 fully saturated rings. The molecule has 0 atom stereocenters. The predicted octanol–water partition coefficient (Wildman–Crippen LogP) is 0.161. The molecule has 0 saturated carbocycles. The van der Waals surface area contributed by atoms with Crippen LogP contribution in [0, 0.1) is 11.3 Å². The molecule has 2 heterocycles. The maximum absolute atomic E-state index is 12.4. The third-order valence-electron chi connectivity index (χ3n) is 3.42. The molecular formula is C14H18BrN7O. The van der Waals surface area contributed by atoms with Crippen LogP contribution in [0.1, 0.15) is 0 Å². The second-order valence-corrected chi connectivity index (χ2v) is 5.88. The number of hydrogen-bond acceptors (Lipinski definition) is 7. The Morgan fingerprint density at radius 3 is 2.61 bits per heavy atom. The van der Waals surface area contributed by atoms with Gasteiger partial charge in [0.05, 0.1) is 4.47 Å². The zero-order valence-electron chi connectivity index (χ0n) is 12.6. The van der Waals surface area contributed by atoms with Gasteiger partial charge in [-0.3, -0.25) is 9.69 Å². The van der Waals surface area contributed by atoms with Crippen LogP contribution in [0.5, 0.6) is 0 Å². The fraction of sp³-hybridized carbons (Fsp3) is 0.429. The third kappa shape index (κ3) is 4.99. The predicted molar refractivity (Wildman–Crippen MR) is 89.1 cm³/mol. The molecule has 1 saturated heterocycles. The van der Waals surface area contributed by atoms with Gasteiger partial charge >= 0.3 is 0 Å². The summed E-state index contributed by atoms with van der Waals surface area (Å²) in [6.45, 7) is 4.15. The smallest absolute Gasteiger partial charge is 0.266 e. The maximum atomic E-state index is 12.4. The normalized spacial score (nSPS) is 16.0. The van der Waals surface area contributed by atoms with Crippen LogP contribution in [-0.4, -0.2) is 64.9 Å². The highest BCUT2D eigenvalue weighted by Crippen LogP contribution is 2.09. The van der Waals surface area contributed by atoms with Gasteiger partial charge in [-0.15, -0.1) is 0 Å². The molecule has 0 spiro atoms. The first-order valence-electron chi connectivity index (χ1n) is 7.20. The standard InChI is InChI=1S/C14H18BrN7O/c15-12-9-19-14(20-10-12)18-8-11(7-17)13(23)22-5-3-21(2-1-16)4-6-22/h8-10H,1-6,16H2,(H,18,19,20)/b11-8-. The van der Waals surface area contributed by atoms with E-state index >= 15 is 0 Å². The van der Waals surface area contributed by atoms with Gasteiger partial charge in [0.15, 0.2) is 0 Å². The van der Waals surface area contributed by atoms with Crippen molar-refractivity contribution in [2.24, 2.45) is 5.73 Å². The average Bonchev–Trinajstić information content (AvgIpc) is 2.58. The lowest BCUT2D eigenvalue weighted by Gasteiger charge is -2.34. The number of nitrogens with two attached hydrogens (primary N) is 1. The molecule has 0 aromatic carbocycles. The molecule has 122 valence electrons. The number of carbonyl (C=O) groups excluding carboxylic acids is 1. The van der Waals surface area contributed by atoms with E-state index in [1.165, 1.54) is 6.20 Å². The third-order valence-corrected chi connectivity index (χ3v) is 3.83. The van der Waals surface area contributed by atoms with E-state index in [9.17, 15) is 10.1 Å². The van der Waals surface area contributed by atoms with Gasteiger partial charge in [0, 0.05) is 57.9 Å². The largest absolute Gasteiger partial charge is 0.335 e. The van der Waals surface area contributed by atoms with E-state index in [-0.39, 0.29) is 11.5 Å². The minimum Gasteiger partial charge on any atom is -0.335 e. The summed E-state index contributed by atoms with van der Waals surface area (Å²) >= 11 is 3.24. The molecule has 0 aliphatic carbocycles. The van der Waals surface area contributed by atoms with Gasteiger partial charge in [-0.25, -0.2) is 9.97 Å². The van der Waals surface area contributed by atoms with E-state index in [1.807, 2.05) is 6.07 Å². The highest BCUT2D eigenvalue weighted by Gasteiger charge is 2.23. The topological polar surface area (TPSA) is 111 Å². The van der Waals surface area contributed by atoms with E-state index in [0.29, 0.717) is 25.6 Å². The highest BCUT2D eigenvalue weighted by atomic mass is 79.9. The minimum absolute atomic E-state index is 0.0313. The van der Waals surface area contributed by atoms with Crippen molar-refractivity contribution in [3.63, 3.8) is 0 Å². The number of anilines is 1. The fourth-order valence-corrected chi connectivity index (χ4v) is 2.40. The first-order valence-corrected chi connectivity index (χ1v) is 7.99. The molecule has 1 aromatic rings. The van der Waals surface area contributed by atoms with Crippen molar-refractivity contribution in [3.8, 4) is 6.07 Å². The number of nitriles is 1. The molecule has 1 amide bonds. The minimum atomic E-state index is -0.287. The molecule has 8 nitrogen and oxygen atoms in total. The maximum Gasteiger partial charge on any atom is 0.266 e. The van der Waals surface area contributed by atoms with E-state index in [2.05, 4.69) is 36.1 Å². The number of hydrogen-bond donors (Lipinski definition) is 2. The number of piperazine rings is 1. The zero-order chi connectivity index (χ0) is 16.7. The number of aromatic nitrogens is 2. The molecule has 1 aliphatic rings. The Kier molecular flexibility index (Phi) is 6.46. The Morgan fingerprint density at radius 1 is 1.39 bits per heavy atom. The van der Waals surface area contributed by atoms with Gasteiger partial charge in [-0.05, 0) is 15.9 Å². The number of halogens is 1. The Labute approximate surface area is 143 Å².